The van der Waals surface area contributed by atoms with Crippen molar-refractivity contribution >= 4 is 32.8 Å². The van der Waals surface area contributed by atoms with Crippen LogP contribution in [0.25, 0.3) is 0 Å². The summed E-state index contributed by atoms with van der Waals surface area (Å²) in [5.41, 5.74) is 2.40. The SMILES string of the molecule is CCS(=O)(=O)c1ccc(C(=O)Nc2ccc(N=Nc3ccccc3)cc2)cc1. The summed E-state index contributed by atoms with van der Waals surface area (Å²) in [5.74, 6) is -0.300. The molecule has 0 saturated carbocycles. The molecule has 1 N–H and O–H groups in total. The maximum atomic E-state index is 12.3. The van der Waals surface area contributed by atoms with Crippen molar-refractivity contribution in [1.82, 2.24) is 0 Å². The van der Waals surface area contributed by atoms with Gasteiger partial charge in [-0.25, -0.2) is 8.42 Å². The van der Waals surface area contributed by atoms with Crippen molar-refractivity contribution in [3.63, 3.8) is 0 Å². The highest BCUT2D eigenvalue weighted by atomic mass is 32.2. The van der Waals surface area contributed by atoms with E-state index in [0.29, 0.717) is 16.9 Å². The van der Waals surface area contributed by atoms with Gasteiger partial charge in [0.15, 0.2) is 9.84 Å². The van der Waals surface area contributed by atoms with E-state index in [1.807, 2.05) is 30.3 Å². The average molecular weight is 393 g/mol. The van der Waals surface area contributed by atoms with Crippen molar-refractivity contribution in [3.05, 3.63) is 84.4 Å². The van der Waals surface area contributed by atoms with Gasteiger partial charge in [0.2, 0.25) is 0 Å². The summed E-state index contributed by atoms with van der Waals surface area (Å²) in [6, 6.07) is 22.2. The molecule has 0 spiro atoms. The van der Waals surface area contributed by atoms with Gasteiger partial charge in [-0.2, -0.15) is 10.2 Å². The van der Waals surface area contributed by atoms with Crippen LogP contribution in [0.4, 0.5) is 17.1 Å². The molecule has 0 atom stereocenters. The molecule has 0 aliphatic carbocycles. The molecule has 0 aliphatic heterocycles. The summed E-state index contributed by atoms with van der Waals surface area (Å²) in [6.07, 6.45) is 0. The maximum absolute atomic E-state index is 12.3. The third-order valence-corrected chi connectivity index (χ3v) is 5.77. The molecule has 0 fully saturated rings. The van der Waals surface area contributed by atoms with Crippen LogP contribution in [0.5, 0.6) is 0 Å². The zero-order valence-corrected chi connectivity index (χ0v) is 16.1. The Kier molecular flexibility index (Phi) is 5.96. The van der Waals surface area contributed by atoms with Crippen LogP contribution in [0.3, 0.4) is 0 Å². The number of azo groups is 1. The predicted molar refractivity (Wildman–Crippen MR) is 109 cm³/mol. The van der Waals surface area contributed by atoms with Crippen molar-refractivity contribution in [2.75, 3.05) is 11.1 Å². The first-order chi connectivity index (χ1) is 13.5. The molecule has 0 saturated heterocycles. The molecule has 3 rings (SSSR count). The Balaban J connectivity index is 1.65. The Bertz CT molecular complexity index is 1080. The number of anilines is 1. The number of amides is 1. The number of hydrogen-bond donors (Lipinski definition) is 1. The molecule has 7 heteroatoms. The summed E-state index contributed by atoms with van der Waals surface area (Å²) in [5, 5.41) is 11.1. The van der Waals surface area contributed by atoms with Crippen LogP contribution in [0, 0.1) is 0 Å². The van der Waals surface area contributed by atoms with Crippen molar-refractivity contribution in [1.29, 1.82) is 0 Å². The van der Waals surface area contributed by atoms with Crippen molar-refractivity contribution in [2.24, 2.45) is 10.2 Å². The average Bonchev–Trinajstić information content (AvgIpc) is 2.74. The second-order valence-electron chi connectivity index (χ2n) is 5.96. The summed E-state index contributed by atoms with van der Waals surface area (Å²) in [6.45, 7) is 1.58. The second kappa shape index (κ2) is 8.58. The summed E-state index contributed by atoms with van der Waals surface area (Å²) >= 11 is 0. The molecule has 142 valence electrons. The number of sulfone groups is 1. The van der Waals surface area contributed by atoms with E-state index in [1.54, 1.807) is 31.2 Å². The first kappa shape index (κ1) is 19.4. The number of benzene rings is 3. The van der Waals surface area contributed by atoms with Crippen LogP contribution in [0.2, 0.25) is 0 Å². The van der Waals surface area contributed by atoms with Crippen molar-refractivity contribution < 1.29 is 13.2 Å². The highest BCUT2D eigenvalue weighted by molar-refractivity contribution is 7.91. The Hall–Kier alpha value is -3.32. The van der Waals surface area contributed by atoms with Gasteiger partial charge < -0.3 is 5.32 Å². The van der Waals surface area contributed by atoms with Gasteiger partial charge in [-0.3, -0.25) is 4.79 Å². The topological polar surface area (TPSA) is 88.0 Å². The largest absolute Gasteiger partial charge is 0.322 e. The number of carbonyl (C=O) groups excluding carboxylic acids is 1. The minimum absolute atomic E-state index is 0.0203. The lowest BCUT2D eigenvalue weighted by Crippen LogP contribution is -2.12. The summed E-state index contributed by atoms with van der Waals surface area (Å²) in [7, 11) is -3.28. The smallest absolute Gasteiger partial charge is 0.255 e. The molecule has 6 nitrogen and oxygen atoms in total. The number of nitrogens with zero attached hydrogens (tertiary/aromatic N) is 2. The van der Waals surface area contributed by atoms with Crippen LogP contribution in [0.15, 0.2) is 94.0 Å². The zero-order chi connectivity index (χ0) is 20.0. The minimum Gasteiger partial charge on any atom is -0.322 e. The van der Waals surface area contributed by atoms with E-state index in [0.717, 1.165) is 5.69 Å². The van der Waals surface area contributed by atoms with Gasteiger partial charge in [-0.05, 0) is 60.7 Å². The highest BCUT2D eigenvalue weighted by Crippen LogP contribution is 2.20. The van der Waals surface area contributed by atoms with E-state index in [9.17, 15) is 13.2 Å². The molecular formula is C21H19N3O3S. The Morgan fingerprint density at radius 3 is 1.96 bits per heavy atom. The van der Waals surface area contributed by atoms with Crippen LogP contribution in [-0.4, -0.2) is 20.1 Å². The van der Waals surface area contributed by atoms with Crippen LogP contribution in [0.1, 0.15) is 17.3 Å². The molecule has 0 bridgehead atoms. The molecule has 3 aromatic rings. The number of hydrogen-bond acceptors (Lipinski definition) is 5. The molecule has 0 radical (unpaired) electrons. The van der Waals surface area contributed by atoms with Gasteiger partial charge in [-0.15, -0.1) is 0 Å². The Morgan fingerprint density at radius 1 is 0.821 bits per heavy atom. The highest BCUT2D eigenvalue weighted by Gasteiger charge is 2.13. The lowest BCUT2D eigenvalue weighted by Gasteiger charge is -2.06. The van der Waals surface area contributed by atoms with Crippen molar-refractivity contribution in [2.45, 2.75) is 11.8 Å². The molecule has 0 unspecified atom stereocenters. The van der Waals surface area contributed by atoms with Gasteiger partial charge in [-0.1, -0.05) is 25.1 Å². The van der Waals surface area contributed by atoms with Gasteiger partial charge in [0.25, 0.3) is 5.91 Å². The molecule has 3 aromatic carbocycles. The lowest BCUT2D eigenvalue weighted by atomic mass is 10.2. The standard InChI is InChI=1S/C21H19N3O3S/c1-2-28(26,27)20-14-8-16(9-15-20)21(25)22-17-10-12-19(13-11-17)24-23-18-6-4-3-5-7-18/h3-15H,2H2,1H3,(H,22,25). The van der Waals surface area contributed by atoms with E-state index in [-0.39, 0.29) is 16.6 Å². The Labute approximate surface area is 163 Å². The summed E-state index contributed by atoms with van der Waals surface area (Å²) in [4.78, 5) is 12.5. The van der Waals surface area contributed by atoms with Gasteiger partial charge >= 0.3 is 0 Å². The fraction of sp³-hybridized carbons (Fsp3) is 0.0952. The molecule has 0 heterocycles. The van der Waals surface area contributed by atoms with Gasteiger partial charge in [0.05, 0.1) is 22.0 Å². The van der Waals surface area contributed by atoms with Crippen LogP contribution < -0.4 is 5.32 Å². The molecule has 1 amide bonds. The third kappa shape index (κ3) is 4.89. The normalized spacial score (nSPS) is 11.5. The van der Waals surface area contributed by atoms with Gasteiger partial charge in [0, 0.05) is 11.3 Å². The van der Waals surface area contributed by atoms with Crippen LogP contribution >= 0.6 is 0 Å². The molecule has 0 aliphatic rings. The predicted octanol–water partition coefficient (Wildman–Crippen LogP) is 5.15. The lowest BCUT2D eigenvalue weighted by molar-refractivity contribution is 0.102. The number of nitrogens with one attached hydrogen (secondary N) is 1. The monoisotopic (exact) mass is 393 g/mol. The van der Waals surface area contributed by atoms with E-state index in [4.69, 9.17) is 0 Å². The van der Waals surface area contributed by atoms with E-state index in [2.05, 4.69) is 15.5 Å². The fourth-order valence-corrected chi connectivity index (χ4v) is 3.29. The first-order valence-corrected chi connectivity index (χ1v) is 10.3. The third-order valence-electron chi connectivity index (χ3n) is 4.02. The van der Waals surface area contributed by atoms with E-state index < -0.39 is 9.84 Å². The quantitative estimate of drug-likeness (QED) is 0.588. The van der Waals surface area contributed by atoms with E-state index >= 15 is 0 Å². The van der Waals surface area contributed by atoms with Crippen LogP contribution in [-0.2, 0) is 9.84 Å². The van der Waals surface area contributed by atoms with Gasteiger partial charge in [0.1, 0.15) is 0 Å². The maximum Gasteiger partial charge on any atom is 0.255 e. The van der Waals surface area contributed by atoms with E-state index in [1.165, 1.54) is 24.3 Å². The first-order valence-electron chi connectivity index (χ1n) is 8.69. The Morgan fingerprint density at radius 2 is 1.39 bits per heavy atom. The molecule has 0 aromatic heterocycles. The number of carbonyl (C=O) groups is 1. The summed E-state index contributed by atoms with van der Waals surface area (Å²) < 4.78 is 23.7. The second-order valence-corrected chi connectivity index (χ2v) is 8.24. The van der Waals surface area contributed by atoms with Crippen molar-refractivity contribution in [3.8, 4) is 0 Å². The number of rotatable bonds is 6. The fourth-order valence-electron chi connectivity index (χ4n) is 2.41. The minimum atomic E-state index is -3.28. The molecule has 28 heavy (non-hydrogen) atoms. The zero-order valence-electron chi connectivity index (χ0n) is 15.2. The molecular weight excluding hydrogens is 374 g/mol.